The van der Waals surface area contributed by atoms with Crippen molar-refractivity contribution in [2.45, 2.75) is 63.4 Å². The molecule has 2 aromatic rings. The summed E-state index contributed by atoms with van der Waals surface area (Å²) < 4.78 is 0.999. The number of hydrogen-bond acceptors (Lipinski definition) is 3. The Bertz CT molecular complexity index is 838. The molecular formula is C25H31BrN2O2S. The second-order valence-corrected chi connectivity index (χ2v) is 10.1. The molecular weight excluding hydrogens is 472 g/mol. The zero-order valence-corrected chi connectivity index (χ0v) is 20.5. The summed E-state index contributed by atoms with van der Waals surface area (Å²) in [6, 6.07) is 18.0. The molecule has 0 saturated heterocycles. The van der Waals surface area contributed by atoms with Gasteiger partial charge in [-0.3, -0.25) is 9.59 Å². The molecule has 0 radical (unpaired) electrons. The maximum atomic E-state index is 13.1. The van der Waals surface area contributed by atoms with Gasteiger partial charge < -0.3 is 10.2 Å². The van der Waals surface area contributed by atoms with E-state index in [1.165, 1.54) is 18.4 Å². The van der Waals surface area contributed by atoms with Crippen molar-refractivity contribution in [3.63, 3.8) is 0 Å². The standard InChI is InChI=1S/C25H31BrN2O2S/c1-19(25(30)27-23-9-5-6-10-23)28(17-20-11-13-22(26)14-12-20)24(29)15-16-31-18-21-7-3-2-4-8-21/h2-4,7-8,11-14,19,23H,5-6,9-10,15-18H2,1H3,(H,27,30). The molecule has 1 unspecified atom stereocenters. The third-order valence-corrected chi connectivity index (χ3v) is 7.27. The highest BCUT2D eigenvalue weighted by atomic mass is 79.9. The highest BCUT2D eigenvalue weighted by molar-refractivity contribution is 9.10. The lowest BCUT2D eigenvalue weighted by Crippen LogP contribution is -2.49. The number of thioether (sulfide) groups is 1. The van der Waals surface area contributed by atoms with Gasteiger partial charge >= 0.3 is 0 Å². The van der Waals surface area contributed by atoms with Gasteiger partial charge in [-0.2, -0.15) is 11.8 Å². The molecule has 2 aromatic carbocycles. The fourth-order valence-electron chi connectivity index (χ4n) is 3.83. The third kappa shape index (κ3) is 7.69. The molecule has 31 heavy (non-hydrogen) atoms. The van der Waals surface area contributed by atoms with Gasteiger partial charge in [0.15, 0.2) is 0 Å². The summed E-state index contributed by atoms with van der Waals surface area (Å²) in [5.41, 5.74) is 2.28. The van der Waals surface area contributed by atoms with Crippen LogP contribution >= 0.6 is 27.7 Å². The van der Waals surface area contributed by atoms with E-state index in [9.17, 15) is 9.59 Å². The van der Waals surface area contributed by atoms with Crippen molar-refractivity contribution < 1.29 is 9.59 Å². The molecule has 0 spiro atoms. The molecule has 1 aliphatic rings. The number of rotatable bonds is 10. The molecule has 0 aliphatic heterocycles. The SMILES string of the molecule is CC(C(=O)NC1CCCC1)N(Cc1ccc(Br)cc1)C(=O)CCSCc1ccccc1. The first-order valence-corrected chi connectivity index (χ1v) is 12.9. The van der Waals surface area contributed by atoms with Gasteiger partial charge in [0.2, 0.25) is 11.8 Å². The Morgan fingerprint density at radius 2 is 1.74 bits per heavy atom. The van der Waals surface area contributed by atoms with Crippen LogP contribution < -0.4 is 5.32 Å². The summed E-state index contributed by atoms with van der Waals surface area (Å²) in [7, 11) is 0. The molecule has 0 aromatic heterocycles. The van der Waals surface area contributed by atoms with Gasteiger partial charge in [-0.05, 0) is 43.0 Å². The lowest BCUT2D eigenvalue weighted by Gasteiger charge is -2.30. The predicted octanol–water partition coefficient (Wildman–Crippen LogP) is 5.55. The first kappa shape index (κ1) is 23.9. The normalized spacial score (nSPS) is 14.9. The Morgan fingerprint density at radius 3 is 2.42 bits per heavy atom. The summed E-state index contributed by atoms with van der Waals surface area (Å²) in [4.78, 5) is 27.8. The van der Waals surface area contributed by atoms with Gasteiger partial charge in [-0.15, -0.1) is 0 Å². The number of nitrogens with one attached hydrogen (secondary N) is 1. The predicted molar refractivity (Wildman–Crippen MR) is 132 cm³/mol. The van der Waals surface area contributed by atoms with Crippen molar-refractivity contribution in [3.8, 4) is 0 Å². The number of halogens is 1. The van der Waals surface area contributed by atoms with Gasteiger partial charge in [-0.1, -0.05) is 71.2 Å². The first-order valence-electron chi connectivity index (χ1n) is 11.0. The van der Waals surface area contributed by atoms with Crippen molar-refractivity contribution in [1.82, 2.24) is 10.2 Å². The summed E-state index contributed by atoms with van der Waals surface area (Å²) in [5.74, 6) is 1.60. The highest BCUT2D eigenvalue weighted by Gasteiger charge is 2.28. The van der Waals surface area contributed by atoms with Crippen LogP contribution in [0, 0.1) is 0 Å². The average Bonchev–Trinajstić information content (AvgIpc) is 3.29. The van der Waals surface area contributed by atoms with Crippen molar-refractivity contribution in [3.05, 3.63) is 70.2 Å². The molecule has 166 valence electrons. The zero-order valence-electron chi connectivity index (χ0n) is 18.1. The van der Waals surface area contributed by atoms with E-state index in [2.05, 4.69) is 33.4 Å². The van der Waals surface area contributed by atoms with Crippen molar-refractivity contribution >= 4 is 39.5 Å². The monoisotopic (exact) mass is 502 g/mol. The molecule has 4 nitrogen and oxygen atoms in total. The van der Waals surface area contributed by atoms with Gasteiger partial charge in [0, 0.05) is 35.0 Å². The first-order chi connectivity index (χ1) is 15.0. The molecule has 1 saturated carbocycles. The molecule has 1 fully saturated rings. The smallest absolute Gasteiger partial charge is 0.242 e. The molecule has 6 heteroatoms. The van der Waals surface area contributed by atoms with E-state index in [1.807, 2.05) is 49.4 Å². The van der Waals surface area contributed by atoms with E-state index in [1.54, 1.807) is 16.7 Å². The third-order valence-electron chi connectivity index (χ3n) is 5.71. The van der Waals surface area contributed by atoms with E-state index >= 15 is 0 Å². The fraction of sp³-hybridized carbons (Fsp3) is 0.440. The van der Waals surface area contributed by atoms with Crippen LogP contribution in [0.3, 0.4) is 0 Å². The van der Waals surface area contributed by atoms with Gasteiger partial charge in [0.05, 0.1) is 0 Å². The maximum absolute atomic E-state index is 13.1. The van der Waals surface area contributed by atoms with Gasteiger partial charge in [0.1, 0.15) is 6.04 Å². The number of carbonyl (C=O) groups excluding carboxylic acids is 2. The summed E-state index contributed by atoms with van der Waals surface area (Å²) in [5, 5.41) is 3.15. The molecule has 0 bridgehead atoms. The topological polar surface area (TPSA) is 49.4 Å². The molecule has 0 heterocycles. The molecule has 1 atom stereocenters. The quantitative estimate of drug-likeness (QED) is 0.433. The second-order valence-electron chi connectivity index (χ2n) is 8.10. The largest absolute Gasteiger partial charge is 0.352 e. The minimum atomic E-state index is -0.490. The Morgan fingerprint density at radius 1 is 1.06 bits per heavy atom. The number of hydrogen-bond donors (Lipinski definition) is 1. The Hall–Kier alpha value is -1.79. The van der Waals surface area contributed by atoms with Gasteiger partial charge in [-0.25, -0.2) is 0 Å². The van der Waals surface area contributed by atoms with Crippen LogP contribution in [0.5, 0.6) is 0 Å². The highest BCUT2D eigenvalue weighted by Crippen LogP contribution is 2.20. The van der Waals surface area contributed by atoms with Crippen LogP contribution in [0.25, 0.3) is 0 Å². The summed E-state index contributed by atoms with van der Waals surface area (Å²) in [6.07, 6.45) is 4.83. The van der Waals surface area contributed by atoms with Crippen molar-refractivity contribution in [2.75, 3.05) is 5.75 Å². The van der Waals surface area contributed by atoms with Crippen LogP contribution in [0.4, 0.5) is 0 Å². The van der Waals surface area contributed by atoms with E-state index < -0.39 is 6.04 Å². The van der Waals surface area contributed by atoms with Crippen molar-refractivity contribution in [1.29, 1.82) is 0 Å². The number of carbonyl (C=O) groups is 2. The van der Waals surface area contributed by atoms with Crippen LogP contribution in [0.1, 0.15) is 50.2 Å². The van der Waals surface area contributed by atoms with Crippen molar-refractivity contribution in [2.24, 2.45) is 0 Å². The average molecular weight is 504 g/mol. The summed E-state index contributed by atoms with van der Waals surface area (Å²) in [6.45, 7) is 2.28. The fourth-order valence-corrected chi connectivity index (χ4v) is 4.98. The minimum Gasteiger partial charge on any atom is -0.352 e. The van der Waals surface area contributed by atoms with Crippen LogP contribution in [0.2, 0.25) is 0 Å². The molecule has 1 aliphatic carbocycles. The molecule has 3 rings (SSSR count). The molecule has 1 N–H and O–H groups in total. The number of amides is 2. The van der Waals surface area contributed by atoms with E-state index in [4.69, 9.17) is 0 Å². The Labute approximate surface area is 198 Å². The Kier molecular flexibility index (Phi) is 9.47. The second kappa shape index (κ2) is 12.3. The van der Waals surface area contributed by atoms with E-state index in [0.717, 1.165) is 34.4 Å². The van der Waals surface area contributed by atoms with E-state index in [-0.39, 0.29) is 17.9 Å². The van der Waals surface area contributed by atoms with Crippen LogP contribution in [-0.2, 0) is 21.9 Å². The minimum absolute atomic E-state index is 0.0255. The van der Waals surface area contributed by atoms with Crippen LogP contribution in [0.15, 0.2) is 59.1 Å². The lowest BCUT2D eigenvalue weighted by atomic mass is 10.1. The Balaban J connectivity index is 1.59. The number of nitrogens with zero attached hydrogens (tertiary/aromatic N) is 1. The van der Waals surface area contributed by atoms with E-state index in [0.29, 0.717) is 13.0 Å². The molecule has 2 amide bonds. The number of benzene rings is 2. The lowest BCUT2D eigenvalue weighted by molar-refractivity contribution is -0.140. The maximum Gasteiger partial charge on any atom is 0.242 e. The van der Waals surface area contributed by atoms with Crippen LogP contribution in [-0.4, -0.2) is 34.6 Å². The van der Waals surface area contributed by atoms with Gasteiger partial charge in [0.25, 0.3) is 0 Å². The summed E-state index contributed by atoms with van der Waals surface area (Å²) >= 11 is 5.21. The zero-order chi connectivity index (χ0) is 22.1.